The molecule has 0 saturated heterocycles. The molecule has 0 aliphatic rings. The summed E-state index contributed by atoms with van der Waals surface area (Å²) in [5.74, 6) is 4.82. The average Bonchev–Trinajstić information content (AvgIpc) is 3.27. The first kappa shape index (κ1) is 33.2. The van der Waals surface area contributed by atoms with Crippen molar-refractivity contribution in [3.05, 3.63) is 176 Å². The molecule has 9 aromatic rings. The second-order valence-electron chi connectivity index (χ2n) is 12.8. The van der Waals surface area contributed by atoms with Crippen molar-refractivity contribution < 1.29 is 0 Å². The van der Waals surface area contributed by atoms with Crippen LogP contribution >= 0.6 is 0 Å². The van der Waals surface area contributed by atoms with Gasteiger partial charge in [0.05, 0.1) is 0 Å². The van der Waals surface area contributed by atoms with Crippen molar-refractivity contribution in [2.45, 2.75) is 6.92 Å². The van der Waals surface area contributed by atoms with E-state index in [1.54, 1.807) is 0 Å². The first-order chi connectivity index (χ1) is 27.1. The average molecular weight is 710 g/mol. The predicted octanol–water partition coefficient (Wildman–Crippen LogP) is 9.89. The molecule has 0 saturated carbocycles. The molecule has 0 aliphatic carbocycles. The highest BCUT2D eigenvalue weighted by Crippen LogP contribution is 2.33. The van der Waals surface area contributed by atoms with Crippen LogP contribution in [0.25, 0.3) is 91.1 Å². The number of benzene rings is 6. The molecule has 9 nitrogen and oxygen atoms in total. The summed E-state index contributed by atoms with van der Waals surface area (Å²) in [6.07, 6.45) is 0. The number of aromatic nitrogens is 9. The van der Waals surface area contributed by atoms with Gasteiger partial charge in [-0.05, 0) is 25.1 Å². The topological polar surface area (TPSA) is 116 Å². The Hall–Kier alpha value is -7.65. The molecule has 3 heterocycles. The van der Waals surface area contributed by atoms with Crippen LogP contribution in [-0.2, 0) is 0 Å². The quantitative estimate of drug-likeness (QED) is 0.152. The molecule has 9 rings (SSSR count). The highest BCUT2D eigenvalue weighted by molar-refractivity contribution is 5.78. The highest BCUT2D eigenvalue weighted by Gasteiger charge is 2.19. The molecule has 55 heavy (non-hydrogen) atoms. The standard InChI is InChI=1S/C46H31N9/c1-30-47-39(31-17-7-2-8-18-31)49-44(48-30)36-27-37(45-52-40(32-19-9-3-10-20-32)50-41(53-45)33-21-11-4-12-22-33)29-38(28-36)46-54-42(34-23-13-5-14-24-34)51-43(55-46)35-25-15-6-16-26-35/h2-29H,1H3. The Morgan fingerprint density at radius 1 is 0.218 bits per heavy atom. The Bertz CT molecular complexity index is 2490. The summed E-state index contributed by atoms with van der Waals surface area (Å²) in [4.78, 5) is 44.5. The smallest absolute Gasteiger partial charge is 0.164 e. The molecule has 0 radical (unpaired) electrons. The van der Waals surface area contributed by atoms with Crippen molar-refractivity contribution in [3.63, 3.8) is 0 Å². The van der Waals surface area contributed by atoms with E-state index in [4.69, 9.17) is 39.9 Å². The van der Waals surface area contributed by atoms with Gasteiger partial charge in [-0.25, -0.2) is 44.9 Å². The Labute approximate surface area is 317 Å². The van der Waals surface area contributed by atoms with Gasteiger partial charge in [-0.15, -0.1) is 0 Å². The zero-order chi connectivity index (χ0) is 37.0. The van der Waals surface area contributed by atoms with Crippen molar-refractivity contribution in [2.24, 2.45) is 0 Å². The van der Waals surface area contributed by atoms with Crippen LogP contribution in [0, 0.1) is 6.92 Å². The van der Waals surface area contributed by atoms with Gasteiger partial charge in [-0.2, -0.15) is 0 Å². The summed E-state index contributed by atoms with van der Waals surface area (Å²) in [6, 6.07) is 55.6. The fourth-order valence-corrected chi connectivity index (χ4v) is 6.22. The second-order valence-corrected chi connectivity index (χ2v) is 12.8. The molecule has 3 aromatic heterocycles. The van der Waals surface area contributed by atoms with Gasteiger partial charge in [-0.3, -0.25) is 0 Å². The normalized spacial score (nSPS) is 11.0. The van der Waals surface area contributed by atoms with E-state index in [9.17, 15) is 0 Å². The molecule has 0 atom stereocenters. The lowest BCUT2D eigenvalue weighted by molar-refractivity contribution is 0.991. The van der Waals surface area contributed by atoms with Crippen molar-refractivity contribution in [3.8, 4) is 91.1 Å². The summed E-state index contributed by atoms with van der Waals surface area (Å²) in [6.45, 7) is 1.87. The fraction of sp³-hybridized carbons (Fsp3) is 0.0217. The lowest BCUT2D eigenvalue weighted by Crippen LogP contribution is -2.03. The lowest BCUT2D eigenvalue weighted by Gasteiger charge is -2.13. The predicted molar refractivity (Wildman–Crippen MR) is 215 cm³/mol. The van der Waals surface area contributed by atoms with Crippen LogP contribution in [0.4, 0.5) is 0 Å². The van der Waals surface area contributed by atoms with Crippen LogP contribution in [0.3, 0.4) is 0 Å². The van der Waals surface area contributed by atoms with Crippen molar-refractivity contribution in [2.75, 3.05) is 0 Å². The van der Waals surface area contributed by atoms with E-state index >= 15 is 0 Å². The summed E-state index contributed by atoms with van der Waals surface area (Å²) in [7, 11) is 0. The van der Waals surface area contributed by atoms with Gasteiger partial charge in [0.1, 0.15) is 5.82 Å². The number of hydrogen-bond donors (Lipinski definition) is 0. The molecule has 0 aliphatic heterocycles. The molecule has 0 N–H and O–H groups in total. The molecule has 9 heteroatoms. The van der Waals surface area contributed by atoms with Gasteiger partial charge in [-0.1, -0.05) is 152 Å². The molecular weight excluding hydrogens is 679 g/mol. The Kier molecular flexibility index (Phi) is 8.91. The van der Waals surface area contributed by atoms with Crippen LogP contribution in [0.2, 0.25) is 0 Å². The van der Waals surface area contributed by atoms with Crippen LogP contribution in [-0.4, -0.2) is 44.9 Å². The molecule has 6 aromatic carbocycles. The first-order valence-corrected chi connectivity index (χ1v) is 17.8. The van der Waals surface area contributed by atoms with Crippen molar-refractivity contribution >= 4 is 0 Å². The third-order valence-electron chi connectivity index (χ3n) is 8.89. The van der Waals surface area contributed by atoms with Gasteiger partial charge in [0.2, 0.25) is 0 Å². The number of aryl methyl sites for hydroxylation is 1. The molecular formula is C46H31N9. The highest BCUT2D eigenvalue weighted by atomic mass is 15.1. The maximum atomic E-state index is 5.05. The second kappa shape index (κ2) is 14.8. The van der Waals surface area contributed by atoms with E-state index in [0.717, 1.165) is 33.4 Å². The van der Waals surface area contributed by atoms with Gasteiger partial charge in [0, 0.05) is 44.5 Å². The Morgan fingerprint density at radius 3 is 0.636 bits per heavy atom. The van der Waals surface area contributed by atoms with Gasteiger partial charge >= 0.3 is 0 Å². The summed E-state index contributed by atoms with van der Waals surface area (Å²) < 4.78 is 0. The van der Waals surface area contributed by atoms with Crippen molar-refractivity contribution in [1.29, 1.82) is 0 Å². The monoisotopic (exact) mass is 709 g/mol. The maximum absolute atomic E-state index is 5.05. The van der Waals surface area contributed by atoms with E-state index in [2.05, 4.69) is 4.98 Å². The molecule has 0 bridgehead atoms. The third kappa shape index (κ3) is 7.22. The number of rotatable bonds is 8. The van der Waals surface area contributed by atoms with Crippen LogP contribution in [0.1, 0.15) is 5.82 Å². The van der Waals surface area contributed by atoms with Crippen LogP contribution in [0.5, 0.6) is 0 Å². The fourth-order valence-electron chi connectivity index (χ4n) is 6.22. The van der Waals surface area contributed by atoms with Gasteiger partial charge in [0.15, 0.2) is 46.6 Å². The summed E-state index contributed by atoms with van der Waals surface area (Å²) >= 11 is 0. The zero-order valence-electron chi connectivity index (χ0n) is 29.7. The first-order valence-electron chi connectivity index (χ1n) is 17.8. The largest absolute Gasteiger partial charge is 0.213 e. The zero-order valence-corrected chi connectivity index (χ0v) is 29.7. The molecule has 0 fully saturated rings. The molecule has 260 valence electrons. The molecule has 0 spiro atoms. The van der Waals surface area contributed by atoms with Crippen LogP contribution < -0.4 is 0 Å². The minimum absolute atomic E-state index is 0.477. The minimum Gasteiger partial charge on any atom is -0.213 e. The van der Waals surface area contributed by atoms with Crippen LogP contribution in [0.15, 0.2) is 170 Å². The lowest BCUT2D eigenvalue weighted by atomic mass is 10.0. The number of hydrogen-bond acceptors (Lipinski definition) is 9. The third-order valence-corrected chi connectivity index (χ3v) is 8.89. The molecule has 0 amide bonds. The van der Waals surface area contributed by atoms with E-state index in [-0.39, 0.29) is 0 Å². The van der Waals surface area contributed by atoms with E-state index in [1.165, 1.54) is 0 Å². The van der Waals surface area contributed by atoms with E-state index in [0.29, 0.717) is 63.5 Å². The minimum atomic E-state index is 0.477. The van der Waals surface area contributed by atoms with Gasteiger partial charge < -0.3 is 0 Å². The van der Waals surface area contributed by atoms with E-state index < -0.39 is 0 Å². The number of nitrogens with zero attached hydrogens (tertiary/aromatic N) is 9. The Morgan fingerprint density at radius 2 is 0.400 bits per heavy atom. The maximum Gasteiger partial charge on any atom is 0.164 e. The Balaban J connectivity index is 1.30. The van der Waals surface area contributed by atoms with Crippen molar-refractivity contribution in [1.82, 2.24) is 44.9 Å². The molecule has 0 unspecified atom stereocenters. The van der Waals surface area contributed by atoms with E-state index in [1.807, 2.05) is 177 Å². The summed E-state index contributed by atoms with van der Waals surface area (Å²) in [5.41, 5.74) is 6.53. The summed E-state index contributed by atoms with van der Waals surface area (Å²) in [5, 5.41) is 0. The SMILES string of the molecule is Cc1nc(-c2ccccc2)nc(-c2cc(-c3nc(-c4ccccc4)nc(-c4ccccc4)n3)cc(-c3nc(-c4ccccc4)nc(-c4ccccc4)n3)c2)n1. The van der Waals surface area contributed by atoms with Gasteiger partial charge in [0.25, 0.3) is 0 Å².